The minimum absolute atomic E-state index is 0.0198. The minimum Gasteiger partial charge on any atom is -0.393 e. The first-order valence-electron chi connectivity index (χ1n) is 12.9. The summed E-state index contributed by atoms with van der Waals surface area (Å²) >= 11 is 0. The van der Waals surface area contributed by atoms with E-state index in [1.807, 2.05) is 0 Å². The summed E-state index contributed by atoms with van der Waals surface area (Å²) in [7, 11) is -4.39. The molecule has 4 fully saturated rings. The van der Waals surface area contributed by atoms with Gasteiger partial charge in [0, 0.05) is 0 Å². The van der Waals surface area contributed by atoms with Crippen molar-refractivity contribution in [1.82, 2.24) is 0 Å². The number of aliphatic hydroxyl groups excluding tert-OH is 2. The molecule has 186 valence electrons. The van der Waals surface area contributed by atoms with Crippen LogP contribution in [0.4, 0.5) is 0 Å². The van der Waals surface area contributed by atoms with Crippen LogP contribution in [0.5, 0.6) is 0 Å². The molecule has 7 heteroatoms. The summed E-state index contributed by atoms with van der Waals surface area (Å²) < 4.78 is 35.4. The van der Waals surface area contributed by atoms with Gasteiger partial charge < -0.3 is 10.2 Å². The van der Waals surface area contributed by atoms with Crippen LogP contribution in [0.2, 0.25) is 0 Å². The van der Waals surface area contributed by atoms with Gasteiger partial charge in [0.25, 0.3) is 0 Å². The monoisotopic (exact) mass is 472 g/mol. The highest BCUT2D eigenvalue weighted by atomic mass is 32.3. The number of hydrogen-bond acceptors (Lipinski definition) is 5. The van der Waals surface area contributed by atoms with Crippen molar-refractivity contribution in [1.29, 1.82) is 0 Å². The largest absolute Gasteiger partial charge is 0.397 e. The lowest BCUT2D eigenvalue weighted by Gasteiger charge is -2.64. The Bertz CT molecular complexity index is 785. The maximum atomic E-state index is 11.7. The number of hydrogen-bond donors (Lipinski definition) is 3. The standard InChI is InChI=1S/C25H44O6S/c1-5-17-21-14-16(26)8-11-25(21,4)20-9-12-24(3)18(6-7-19(24)22(20)23(17)27)15(2)10-13-31-32(28,29)30/h15-23,26-27H,5-14H2,1-4H3,(H,28,29,30)/t15?,16-,17-,18?,19?,20?,21?,22?,23-,24-,25-/m1/s1. The molecule has 0 radical (unpaired) electrons. The minimum atomic E-state index is -4.39. The summed E-state index contributed by atoms with van der Waals surface area (Å²) in [5, 5.41) is 22.1. The van der Waals surface area contributed by atoms with Crippen LogP contribution in [0.3, 0.4) is 0 Å². The van der Waals surface area contributed by atoms with Gasteiger partial charge >= 0.3 is 10.4 Å². The first kappa shape index (κ1) is 24.9. The van der Waals surface area contributed by atoms with E-state index in [2.05, 4.69) is 31.9 Å². The third-order valence-corrected chi connectivity index (χ3v) is 11.4. The molecule has 3 N–H and O–H groups in total. The SMILES string of the molecule is CC[C@@H]1C2C[C@H](O)CC[C@]2(C)C2CC[C@]3(C)C(C(C)CCOS(=O)(=O)O)CCC3C2[C@@H]1O. The molecule has 0 aliphatic heterocycles. The lowest BCUT2D eigenvalue weighted by molar-refractivity contribution is -0.203. The molecular formula is C25H44O6S. The van der Waals surface area contributed by atoms with Crippen LogP contribution in [0.25, 0.3) is 0 Å². The van der Waals surface area contributed by atoms with Gasteiger partial charge in [-0.25, -0.2) is 4.18 Å². The summed E-state index contributed by atoms with van der Waals surface area (Å²) in [5.74, 6) is 2.78. The van der Waals surface area contributed by atoms with E-state index >= 15 is 0 Å². The highest BCUT2D eigenvalue weighted by molar-refractivity contribution is 7.80. The Morgan fingerprint density at radius 1 is 1.00 bits per heavy atom. The van der Waals surface area contributed by atoms with Crippen LogP contribution in [0.1, 0.15) is 85.5 Å². The van der Waals surface area contributed by atoms with E-state index in [9.17, 15) is 18.6 Å². The van der Waals surface area contributed by atoms with Crippen molar-refractivity contribution < 1.29 is 27.4 Å². The maximum Gasteiger partial charge on any atom is 0.397 e. The third kappa shape index (κ3) is 4.08. The van der Waals surface area contributed by atoms with Gasteiger partial charge in [0.1, 0.15) is 0 Å². The van der Waals surface area contributed by atoms with Gasteiger partial charge in [0.2, 0.25) is 0 Å². The number of fused-ring (bicyclic) bond motifs is 5. The molecule has 11 atom stereocenters. The molecule has 0 bridgehead atoms. The predicted molar refractivity (Wildman–Crippen MR) is 123 cm³/mol. The lowest BCUT2D eigenvalue weighted by atomic mass is 9.41. The van der Waals surface area contributed by atoms with Crippen LogP contribution >= 0.6 is 0 Å². The Morgan fingerprint density at radius 2 is 1.66 bits per heavy atom. The molecule has 0 saturated heterocycles. The highest BCUT2D eigenvalue weighted by Gasteiger charge is 2.64. The average Bonchev–Trinajstić information content (AvgIpc) is 3.06. The van der Waals surface area contributed by atoms with Crippen molar-refractivity contribution >= 4 is 10.4 Å². The molecule has 0 heterocycles. The summed E-state index contributed by atoms with van der Waals surface area (Å²) in [6, 6.07) is 0. The zero-order valence-corrected chi connectivity index (χ0v) is 21.1. The summed E-state index contributed by atoms with van der Waals surface area (Å²) in [4.78, 5) is 0. The van der Waals surface area contributed by atoms with E-state index in [0.717, 1.165) is 51.4 Å². The van der Waals surface area contributed by atoms with Crippen molar-refractivity contribution in [2.24, 2.45) is 52.3 Å². The molecule has 0 amide bonds. The second-order valence-electron chi connectivity index (χ2n) is 12.1. The second kappa shape index (κ2) is 8.78. The average molecular weight is 473 g/mol. The highest BCUT2D eigenvalue weighted by Crippen LogP contribution is 2.69. The molecule has 4 aliphatic rings. The molecule has 0 aromatic heterocycles. The number of rotatable bonds is 6. The van der Waals surface area contributed by atoms with Gasteiger partial charge in [0.15, 0.2) is 0 Å². The fourth-order valence-corrected chi connectivity index (χ4v) is 9.78. The van der Waals surface area contributed by atoms with E-state index in [-0.39, 0.29) is 35.6 Å². The van der Waals surface area contributed by atoms with Crippen molar-refractivity contribution in [2.75, 3.05) is 6.61 Å². The van der Waals surface area contributed by atoms with Gasteiger partial charge in [-0.2, -0.15) is 8.42 Å². The Labute approximate surface area is 194 Å². The zero-order chi connectivity index (χ0) is 23.5. The molecule has 0 aromatic carbocycles. The molecule has 4 saturated carbocycles. The van der Waals surface area contributed by atoms with E-state index in [1.165, 1.54) is 0 Å². The molecule has 0 spiro atoms. The fourth-order valence-electron chi connectivity index (χ4n) is 9.47. The van der Waals surface area contributed by atoms with Gasteiger partial charge in [-0.3, -0.25) is 4.55 Å². The zero-order valence-electron chi connectivity index (χ0n) is 20.2. The second-order valence-corrected chi connectivity index (χ2v) is 13.2. The smallest absolute Gasteiger partial charge is 0.393 e. The van der Waals surface area contributed by atoms with Crippen molar-refractivity contribution in [3.05, 3.63) is 0 Å². The van der Waals surface area contributed by atoms with Gasteiger partial charge in [-0.05, 0) is 104 Å². The Balaban J connectivity index is 1.56. The maximum absolute atomic E-state index is 11.7. The molecule has 6 nitrogen and oxygen atoms in total. The van der Waals surface area contributed by atoms with E-state index in [4.69, 9.17) is 4.55 Å². The Hall–Kier alpha value is -0.210. The van der Waals surface area contributed by atoms with Gasteiger partial charge in [-0.1, -0.05) is 34.1 Å². The third-order valence-electron chi connectivity index (χ3n) is 11.0. The van der Waals surface area contributed by atoms with Crippen LogP contribution in [-0.2, 0) is 14.6 Å². The Morgan fingerprint density at radius 3 is 2.31 bits per heavy atom. The van der Waals surface area contributed by atoms with Crippen molar-refractivity contribution in [2.45, 2.75) is 97.7 Å². The van der Waals surface area contributed by atoms with Crippen molar-refractivity contribution in [3.63, 3.8) is 0 Å². The fraction of sp³-hybridized carbons (Fsp3) is 1.00. The first-order valence-corrected chi connectivity index (χ1v) is 14.3. The van der Waals surface area contributed by atoms with Crippen molar-refractivity contribution in [3.8, 4) is 0 Å². The predicted octanol–water partition coefficient (Wildman–Crippen LogP) is 4.46. The molecule has 6 unspecified atom stereocenters. The number of aliphatic hydroxyl groups is 2. The van der Waals surface area contributed by atoms with Crippen LogP contribution in [-0.4, -0.2) is 42.0 Å². The molecule has 4 aliphatic carbocycles. The normalized spacial score (nSPS) is 49.7. The molecule has 4 rings (SSSR count). The first-order chi connectivity index (χ1) is 14.9. The Kier molecular flexibility index (Phi) is 6.83. The summed E-state index contributed by atoms with van der Waals surface area (Å²) in [6.45, 7) is 9.28. The van der Waals surface area contributed by atoms with E-state index in [1.54, 1.807) is 0 Å². The van der Waals surface area contributed by atoms with E-state index < -0.39 is 10.4 Å². The summed E-state index contributed by atoms with van der Waals surface area (Å²) in [5.41, 5.74) is 0.355. The molecule has 0 aromatic rings. The van der Waals surface area contributed by atoms with Crippen LogP contribution < -0.4 is 0 Å². The topological polar surface area (TPSA) is 104 Å². The van der Waals surface area contributed by atoms with E-state index in [0.29, 0.717) is 41.9 Å². The molecular weight excluding hydrogens is 428 g/mol. The van der Waals surface area contributed by atoms with Gasteiger partial charge in [0.05, 0.1) is 18.8 Å². The molecule has 32 heavy (non-hydrogen) atoms. The van der Waals surface area contributed by atoms with Gasteiger partial charge in [-0.15, -0.1) is 0 Å². The quantitative estimate of drug-likeness (QED) is 0.493. The van der Waals surface area contributed by atoms with Crippen LogP contribution in [0.15, 0.2) is 0 Å². The lowest BCUT2D eigenvalue weighted by Crippen LogP contribution is -2.62. The van der Waals surface area contributed by atoms with Crippen LogP contribution in [0, 0.1) is 52.3 Å². The summed E-state index contributed by atoms with van der Waals surface area (Å²) in [6.07, 6.45) is 8.38.